The molecule has 5 nitrogen and oxygen atoms in total. The summed E-state index contributed by atoms with van der Waals surface area (Å²) in [7, 11) is 1.57. The van der Waals surface area contributed by atoms with Crippen LogP contribution in [0.25, 0.3) is 0 Å². The van der Waals surface area contributed by atoms with Crippen LogP contribution in [0.3, 0.4) is 0 Å². The summed E-state index contributed by atoms with van der Waals surface area (Å²) in [5, 5.41) is 2.70. The van der Waals surface area contributed by atoms with Gasteiger partial charge in [0.25, 0.3) is 0 Å². The van der Waals surface area contributed by atoms with Crippen molar-refractivity contribution in [2.45, 2.75) is 32.7 Å². The molecule has 0 aliphatic heterocycles. The van der Waals surface area contributed by atoms with Crippen molar-refractivity contribution in [2.24, 2.45) is 5.73 Å². The molecule has 0 rings (SSSR count). The average molecular weight is 215 g/mol. The molecule has 3 N–H and O–H groups in total. The fourth-order valence-corrected chi connectivity index (χ4v) is 1.10. The molecule has 0 fully saturated rings. The van der Waals surface area contributed by atoms with Crippen LogP contribution in [-0.2, 0) is 9.59 Å². The Morgan fingerprint density at radius 3 is 2.33 bits per heavy atom. The topological polar surface area (TPSA) is 75.4 Å². The van der Waals surface area contributed by atoms with Crippen LogP contribution < -0.4 is 11.1 Å². The van der Waals surface area contributed by atoms with Gasteiger partial charge in [0, 0.05) is 13.6 Å². The standard InChI is InChI=1S/C10H21N3O2/c1-5-6-12-8(14)7-13(4)9(15)10(2,3)11/h5-7,11H2,1-4H3,(H,12,14). The Bertz CT molecular complexity index is 233. The molecule has 2 amide bonds. The zero-order chi connectivity index (χ0) is 12.1. The maximum atomic E-state index is 11.6. The molecule has 0 bridgehead atoms. The van der Waals surface area contributed by atoms with Gasteiger partial charge in [-0.1, -0.05) is 6.92 Å². The van der Waals surface area contributed by atoms with E-state index in [0.29, 0.717) is 6.54 Å². The average Bonchev–Trinajstić information content (AvgIpc) is 2.11. The Kier molecular flexibility index (Phi) is 5.28. The van der Waals surface area contributed by atoms with E-state index in [1.54, 1.807) is 20.9 Å². The molecular weight excluding hydrogens is 194 g/mol. The van der Waals surface area contributed by atoms with E-state index >= 15 is 0 Å². The highest BCUT2D eigenvalue weighted by Crippen LogP contribution is 2.01. The molecule has 88 valence electrons. The minimum absolute atomic E-state index is 0.0550. The van der Waals surface area contributed by atoms with Gasteiger partial charge in [-0.05, 0) is 20.3 Å². The summed E-state index contributed by atoms with van der Waals surface area (Å²) in [6.07, 6.45) is 0.881. The predicted molar refractivity (Wildman–Crippen MR) is 59.2 cm³/mol. The van der Waals surface area contributed by atoms with Gasteiger partial charge in [0.2, 0.25) is 11.8 Å². The van der Waals surface area contributed by atoms with Gasteiger partial charge in [-0.25, -0.2) is 0 Å². The van der Waals surface area contributed by atoms with Crippen LogP contribution in [0.4, 0.5) is 0 Å². The van der Waals surface area contributed by atoms with Crippen molar-refractivity contribution in [3.8, 4) is 0 Å². The van der Waals surface area contributed by atoms with Gasteiger partial charge in [0.1, 0.15) is 0 Å². The van der Waals surface area contributed by atoms with E-state index in [-0.39, 0.29) is 18.4 Å². The monoisotopic (exact) mass is 215 g/mol. The van der Waals surface area contributed by atoms with Gasteiger partial charge in [-0.3, -0.25) is 9.59 Å². The fourth-order valence-electron chi connectivity index (χ4n) is 1.10. The van der Waals surface area contributed by atoms with Crippen LogP contribution in [0.5, 0.6) is 0 Å². The molecule has 0 radical (unpaired) electrons. The first kappa shape index (κ1) is 13.9. The largest absolute Gasteiger partial charge is 0.355 e. The van der Waals surface area contributed by atoms with E-state index in [2.05, 4.69) is 5.32 Å². The van der Waals surface area contributed by atoms with E-state index in [4.69, 9.17) is 5.73 Å². The molecule has 15 heavy (non-hydrogen) atoms. The molecule has 0 aromatic carbocycles. The van der Waals surface area contributed by atoms with Crippen molar-refractivity contribution in [3.05, 3.63) is 0 Å². The van der Waals surface area contributed by atoms with Crippen LogP contribution >= 0.6 is 0 Å². The normalized spacial score (nSPS) is 11.0. The molecule has 0 saturated carbocycles. The fraction of sp³-hybridized carbons (Fsp3) is 0.800. The van der Waals surface area contributed by atoms with Crippen molar-refractivity contribution in [1.29, 1.82) is 0 Å². The van der Waals surface area contributed by atoms with E-state index < -0.39 is 5.54 Å². The van der Waals surface area contributed by atoms with Crippen LogP contribution in [0.15, 0.2) is 0 Å². The number of hydrogen-bond donors (Lipinski definition) is 2. The molecule has 0 aliphatic rings. The van der Waals surface area contributed by atoms with E-state index in [9.17, 15) is 9.59 Å². The van der Waals surface area contributed by atoms with E-state index in [1.165, 1.54) is 4.90 Å². The first-order chi connectivity index (χ1) is 6.79. The Morgan fingerprint density at radius 1 is 1.40 bits per heavy atom. The first-order valence-corrected chi connectivity index (χ1v) is 5.10. The summed E-state index contributed by atoms with van der Waals surface area (Å²) < 4.78 is 0. The second kappa shape index (κ2) is 5.70. The second-order valence-electron chi connectivity index (χ2n) is 4.23. The molecule has 0 aromatic heterocycles. The minimum atomic E-state index is -0.931. The second-order valence-corrected chi connectivity index (χ2v) is 4.23. The number of carbonyl (C=O) groups excluding carboxylic acids is 2. The molecule has 0 unspecified atom stereocenters. The summed E-state index contributed by atoms with van der Waals surface area (Å²) in [5.74, 6) is -0.397. The Morgan fingerprint density at radius 2 is 1.93 bits per heavy atom. The highest BCUT2D eigenvalue weighted by Gasteiger charge is 2.26. The quantitative estimate of drug-likeness (QED) is 0.661. The third-order valence-corrected chi connectivity index (χ3v) is 1.85. The maximum absolute atomic E-state index is 11.6. The Labute approximate surface area is 91.0 Å². The van der Waals surface area contributed by atoms with Crippen molar-refractivity contribution in [3.63, 3.8) is 0 Å². The number of nitrogens with zero attached hydrogens (tertiary/aromatic N) is 1. The van der Waals surface area contributed by atoms with Crippen molar-refractivity contribution < 1.29 is 9.59 Å². The van der Waals surface area contributed by atoms with Gasteiger partial charge < -0.3 is 16.0 Å². The SMILES string of the molecule is CCCNC(=O)CN(C)C(=O)C(C)(C)N. The van der Waals surface area contributed by atoms with Crippen LogP contribution in [0, 0.1) is 0 Å². The van der Waals surface area contributed by atoms with E-state index in [0.717, 1.165) is 6.42 Å². The summed E-state index contributed by atoms with van der Waals surface area (Å²) >= 11 is 0. The summed E-state index contributed by atoms with van der Waals surface area (Å²) in [6.45, 7) is 5.90. The number of carbonyl (C=O) groups is 2. The molecule has 0 heterocycles. The van der Waals surface area contributed by atoms with Gasteiger partial charge in [0.05, 0.1) is 12.1 Å². The smallest absolute Gasteiger partial charge is 0.242 e. The first-order valence-electron chi connectivity index (χ1n) is 5.10. The number of nitrogens with two attached hydrogens (primary N) is 1. The number of hydrogen-bond acceptors (Lipinski definition) is 3. The van der Waals surface area contributed by atoms with Crippen molar-refractivity contribution in [1.82, 2.24) is 10.2 Å². The highest BCUT2D eigenvalue weighted by molar-refractivity contribution is 5.89. The molecule has 5 heteroatoms. The molecule has 0 aliphatic carbocycles. The molecule has 0 saturated heterocycles. The van der Waals surface area contributed by atoms with Gasteiger partial charge in [-0.15, -0.1) is 0 Å². The third kappa shape index (κ3) is 5.37. The van der Waals surface area contributed by atoms with Crippen molar-refractivity contribution in [2.75, 3.05) is 20.1 Å². The summed E-state index contributed by atoms with van der Waals surface area (Å²) in [5.41, 5.74) is 4.70. The molecular formula is C10H21N3O2. The lowest BCUT2D eigenvalue weighted by molar-refractivity contribution is -0.138. The number of amides is 2. The Balaban J connectivity index is 4.08. The third-order valence-electron chi connectivity index (χ3n) is 1.85. The van der Waals surface area contributed by atoms with Gasteiger partial charge >= 0.3 is 0 Å². The van der Waals surface area contributed by atoms with Crippen LogP contribution in [0.2, 0.25) is 0 Å². The molecule has 0 aromatic rings. The summed E-state index contributed by atoms with van der Waals surface area (Å²) in [6, 6.07) is 0. The van der Waals surface area contributed by atoms with Crippen LogP contribution in [0.1, 0.15) is 27.2 Å². The minimum Gasteiger partial charge on any atom is -0.355 e. The highest BCUT2D eigenvalue weighted by atomic mass is 16.2. The Hall–Kier alpha value is -1.10. The zero-order valence-electron chi connectivity index (χ0n) is 9.96. The zero-order valence-corrected chi connectivity index (χ0v) is 9.96. The lowest BCUT2D eigenvalue weighted by Crippen LogP contribution is -2.52. The van der Waals surface area contributed by atoms with Crippen molar-refractivity contribution >= 4 is 11.8 Å². The maximum Gasteiger partial charge on any atom is 0.242 e. The van der Waals surface area contributed by atoms with E-state index in [1.807, 2.05) is 6.92 Å². The predicted octanol–water partition coefficient (Wildman–Crippen LogP) is -0.292. The van der Waals surface area contributed by atoms with Crippen LogP contribution in [-0.4, -0.2) is 42.4 Å². The number of nitrogens with one attached hydrogen (secondary N) is 1. The number of likely N-dealkylation sites (N-methyl/N-ethyl adjacent to an activating group) is 1. The lowest BCUT2D eigenvalue weighted by Gasteiger charge is -2.25. The summed E-state index contributed by atoms with van der Waals surface area (Å²) in [4.78, 5) is 24.2. The lowest BCUT2D eigenvalue weighted by atomic mass is 10.1. The molecule has 0 spiro atoms. The van der Waals surface area contributed by atoms with Gasteiger partial charge in [0.15, 0.2) is 0 Å². The number of rotatable bonds is 5. The molecule has 0 atom stereocenters. The van der Waals surface area contributed by atoms with Gasteiger partial charge in [-0.2, -0.15) is 0 Å².